The molecule has 0 spiro atoms. The third-order valence-electron chi connectivity index (χ3n) is 13.1. The van der Waals surface area contributed by atoms with Gasteiger partial charge in [-0.3, -0.25) is 9.97 Å². The van der Waals surface area contributed by atoms with Crippen LogP contribution in [0.15, 0.2) is 322 Å². The van der Waals surface area contributed by atoms with Crippen LogP contribution in [0, 0.1) is 0 Å². The van der Waals surface area contributed by atoms with Gasteiger partial charge in [-0.25, -0.2) is 0 Å². The molecule has 0 aliphatic heterocycles. The Balaban J connectivity index is 0.000000153. The van der Waals surface area contributed by atoms with E-state index in [1.807, 2.05) is 123 Å². The fourth-order valence-corrected chi connectivity index (χ4v) is 9.78. The summed E-state index contributed by atoms with van der Waals surface area (Å²) in [5.41, 5.74) is 15.7. The van der Waals surface area contributed by atoms with Crippen LogP contribution >= 0.6 is 0 Å². The number of rotatable bonds is 7. The zero-order valence-corrected chi connectivity index (χ0v) is 49.3. The van der Waals surface area contributed by atoms with Gasteiger partial charge in [0.1, 0.15) is 0 Å². The number of nitrogens with zero attached hydrogens (tertiary/aromatic N) is 5. The number of hydrogen-bond acceptors (Lipinski definition) is 3. The monoisotopic (exact) mass is 1080 g/mol. The molecule has 414 valence electrons. The molecule has 4 aromatic heterocycles. The van der Waals surface area contributed by atoms with Crippen molar-refractivity contribution in [1.82, 2.24) is 19.1 Å². The number of para-hydroxylation sites is 9. The summed E-state index contributed by atoms with van der Waals surface area (Å²) in [6.45, 7) is 16.0. The molecule has 4 heterocycles. The van der Waals surface area contributed by atoms with Crippen molar-refractivity contribution in [1.29, 1.82) is 0 Å². The van der Waals surface area contributed by atoms with E-state index in [9.17, 15) is 0 Å². The fraction of sp³-hybridized carbons (Fsp3) is 0.103. The Morgan fingerprint density at radius 1 is 0.229 bits per heavy atom. The van der Waals surface area contributed by atoms with E-state index < -0.39 is 0 Å². The second-order valence-electron chi connectivity index (χ2n) is 17.8. The number of pyridine rings is 2. The lowest BCUT2D eigenvalue weighted by Gasteiger charge is -2.25. The molecule has 0 saturated carbocycles. The molecule has 0 unspecified atom stereocenters. The summed E-state index contributed by atoms with van der Waals surface area (Å²) in [4.78, 5) is 10.4. The van der Waals surface area contributed by atoms with Gasteiger partial charge in [0.05, 0.1) is 22.1 Å². The summed E-state index contributed by atoms with van der Waals surface area (Å²) in [6.07, 6.45) is 7.27. The Hall–Kier alpha value is -10.1. The Morgan fingerprint density at radius 2 is 0.446 bits per heavy atom. The van der Waals surface area contributed by atoms with Crippen LogP contribution in [-0.2, 0) is 0 Å². The third kappa shape index (κ3) is 15.0. The highest BCUT2D eigenvalue weighted by Crippen LogP contribution is 2.36. The van der Waals surface area contributed by atoms with Crippen molar-refractivity contribution in [2.24, 2.45) is 0 Å². The van der Waals surface area contributed by atoms with E-state index in [1.165, 1.54) is 94.3 Å². The van der Waals surface area contributed by atoms with Crippen molar-refractivity contribution in [3.8, 4) is 33.6 Å². The highest BCUT2D eigenvalue weighted by Gasteiger charge is 2.13. The number of anilines is 3. The SMILES string of the molecule is CC.CC.CC.CC.c1ccc(-c2ccncc2)c(-c2ccncc2)c1.c1ccc(-n2c3ccccc3c3ccccc32)cc1.c1ccc(-n2c3ccccc3c3ccccc32)cc1.c1ccc(N(c2ccccc2)c2ccccc2)cc1. The van der Waals surface area contributed by atoms with Crippen LogP contribution in [0.3, 0.4) is 0 Å². The highest BCUT2D eigenvalue weighted by atomic mass is 15.1. The van der Waals surface area contributed by atoms with Crippen LogP contribution in [0.4, 0.5) is 17.1 Å². The Labute approximate surface area is 493 Å². The third-order valence-corrected chi connectivity index (χ3v) is 13.1. The van der Waals surface area contributed by atoms with Gasteiger partial charge in [-0.15, -0.1) is 0 Å². The van der Waals surface area contributed by atoms with Crippen LogP contribution in [-0.4, -0.2) is 19.1 Å². The average Bonchev–Trinajstić information content (AvgIpc) is 4.30. The topological polar surface area (TPSA) is 38.9 Å². The molecule has 0 N–H and O–H groups in total. The Bertz CT molecular complexity index is 3620. The van der Waals surface area contributed by atoms with E-state index >= 15 is 0 Å². The van der Waals surface area contributed by atoms with Crippen molar-refractivity contribution in [3.05, 3.63) is 322 Å². The molecule has 0 bridgehead atoms. The van der Waals surface area contributed by atoms with Crippen LogP contribution in [0.2, 0.25) is 0 Å². The molecule has 5 nitrogen and oxygen atoms in total. The van der Waals surface area contributed by atoms with Crippen LogP contribution in [0.5, 0.6) is 0 Å². The standard InChI is InChI=1S/2C18H13N.C18H15N.C16H12N2.4C2H6/c2*1-2-8-14(9-3-1)19-17-12-6-4-10-15(17)16-11-5-7-13-18(16)19;1-4-10-16(11-5-1)19(17-12-6-2-7-13-17)18-14-8-3-9-15-18;1-2-4-16(14-7-11-18-12-8-14)15(3-1)13-5-9-17-10-6-13;4*1-2/h2*1-13H;1-15H;1-12H;4*1-2H3. The summed E-state index contributed by atoms with van der Waals surface area (Å²) in [5.74, 6) is 0. The minimum Gasteiger partial charge on any atom is -0.311 e. The van der Waals surface area contributed by atoms with Crippen LogP contribution in [0.1, 0.15) is 55.4 Å². The molecule has 14 rings (SSSR count). The zero-order valence-electron chi connectivity index (χ0n) is 49.3. The van der Waals surface area contributed by atoms with E-state index in [-0.39, 0.29) is 0 Å². The van der Waals surface area contributed by atoms with E-state index in [4.69, 9.17) is 0 Å². The summed E-state index contributed by atoms with van der Waals surface area (Å²) in [5, 5.41) is 5.23. The van der Waals surface area contributed by atoms with E-state index in [2.05, 4.69) is 279 Å². The van der Waals surface area contributed by atoms with Gasteiger partial charge in [-0.2, -0.15) is 0 Å². The van der Waals surface area contributed by atoms with Gasteiger partial charge in [-0.05, 0) is 131 Å². The van der Waals surface area contributed by atoms with Gasteiger partial charge in [0.25, 0.3) is 0 Å². The molecule has 0 aliphatic rings. The summed E-state index contributed by atoms with van der Waals surface area (Å²) >= 11 is 0. The summed E-state index contributed by atoms with van der Waals surface area (Å²) < 4.78 is 4.65. The Morgan fingerprint density at radius 3 is 0.711 bits per heavy atom. The van der Waals surface area contributed by atoms with Gasteiger partial charge in [0.2, 0.25) is 0 Å². The average molecular weight is 1080 g/mol. The molecule has 0 radical (unpaired) electrons. The van der Waals surface area contributed by atoms with E-state index in [0.29, 0.717) is 0 Å². The lowest BCUT2D eigenvalue weighted by Crippen LogP contribution is -2.09. The first-order valence-electron chi connectivity index (χ1n) is 29.2. The molecule has 0 atom stereocenters. The van der Waals surface area contributed by atoms with Gasteiger partial charge in [-0.1, -0.05) is 243 Å². The predicted octanol–water partition coefficient (Wildman–Crippen LogP) is 22.6. The molecule has 0 aliphatic carbocycles. The molecule has 0 saturated heterocycles. The molecule has 83 heavy (non-hydrogen) atoms. The second-order valence-corrected chi connectivity index (χ2v) is 17.8. The van der Waals surface area contributed by atoms with Crippen molar-refractivity contribution in [2.45, 2.75) is 55.4 Å². The van der Waals surface area contributed by atoms with Crippen molar-refractivity contribution in [2.75, 3.05) is 4.90 Å². The quantitative estimate of drug-likeness (QED) is 0.160. The molecule has 5 heteroatoms. The second kappa shape index (κ2) is 32.8. The van der Waals surface area contributed by atoms with Gasteiger partial charge >= 0.3 is 0 Å². The molecule has 10 aromatic carbocycles. The molecule has 0 amide bonds. The number of aromatic nitrogens is 4. The normalized spacial score (nSPS) is 9.93. The van der Waals surface area contributed by atoms with E-state index in [1.54, 1.807) is 0 Å². The smallest absolute Gasteiger partial charge is 0.0541 e. The van der Waals surface area contributed by atoms with Gasteiger partial charge in [0.15, 0.2) is 0 Å². The van der Waals surface area contributed by atoms with Crippen molar-refractivity contribution in [3.63, 3.8) is 0 Å². The van der Waals surface area contributed by atoms with Gasteiger partial charge < -0.3 is 14.0 Å². The minimum atomic E-state index is 1.17. The maximum atomic E-state index is 4.06. The van der Waals surface area contributed by atoms with E-state index in [0.717, 1.165) is 0 Å². The summed E-state index contributed by atoms with van der Waals surface area (Å²) in [6, 6.07) is 103. The number of benzene rings is 10. The number of fused-ring (bicyclic) bond motifs is 6. The largest absolute Gasteiger partial charge is 0.311 e. The molecule has 14 aromatic rings. The minimum absolute atomic E-state index is 1.17. The van der Waals surface area contributed by atoms with Crippen LogP contribution in [0.25, 0.3) is 77.2 Å². The van der Waals surface area contributed by atoms with Crippen LogP contribution < -0.4 is 4.90 Å². The first-order chi connectivity index (χ1) is 41.3. The van der Waals surface area contributed by atoms with Gasteiger partial charge in [0, 0.05) is 74.8 Å². The molecule has 0 fully saturated rings. The first-order valence-corrected chi connectivity index (χ1v) is 29.2. The maximum Gasteiger partial charge on any atom is 0.0541 e. The van der Waals surface area contributed by atoms with Crippen molar-refractivity contribution >= 4 is 60.7 Å². The molecular formula is C78H77N5. The Kier molecular flexibility index (Phi) is 24.0. The predicted molar refractivity (Wildman–Crippen MR) is 361 cm³/mol. The first kappa shape index (κ1) is 60.5. The lowest BCUT2D eigenvalue weighted by atomic mass is 9.96. The molecular weight excluding hydrogens is 1010 g/mol. The highest BCUT2D eigenvalue weighted by molar-refractivity contribution is 6.10. The lowest BCUT2D eigenvalue weighted by molar-refractivity contribution is 1.18. The fourth-order valence-electron chi connectivity index (χ4n) is 9.78. The van der Waals surface area contributed by atoms with Crippen molar-refractivity contribution < 1.29 is 0 Å². The number of hydrogen-bond donors (Lipinski definition) is 0. The zero-order chi connectivity index (χ0) is 58.4. The summed E-state index contributed by atoms with van der Waals surface area (Å²) in [7, 11) is 0. The maximum absolute atomic E-state index is 4.06.